The molecule has 3 aliphatic heterocycles. The van der Waals surface area contributed by atoms with Crippen molar-refractivity contribution in [2.24, 2.45) is 29.6 Å². The molecular weight excluding hydrogens is 374 g/mol. The Hall–Kier alpha value is -1.88. The van der Waals surface area contributed by atoms with E-state index in [1.54, 1.807) is 0 Å². The SMILES string of the molecule is CC(C)CCN1CC2CC3(C(=O)NCc4ccccc4)NC(=O)C2C1C3CC(C)C. The van der Waals surface area contributed by atoms with Gasteiger partial charge in [0.25, 0.3) is 0 Å². The maximum absolute atomic E-state index is 13.6. The summed E-state index contributed by atoms with van der Waals surface area (Å²) in [5, 5.41) is 6.40. The molecule has 1 aliphatic carbocycles. The number of carbonyl (C=O) groups is 2. The number of amides is 2. The second-order valence-corrected chi connectivity index (χ2v) is 10.5. The molecule has 164 valence electrons. The van der Waals surface area contributed by atoms with Crippen LogP contribution in [0.2, 0.25) is 0 Å². The molecule has 5 heteroatoms. The largest absolute Gasteiger partial charge is 0.350 e. The molecule has 3 heterocycles. The maximum atomic E-state index is 13.6. The average Bonchev–Trinajstić information content (AvgIpc) is 3.02. The van der Waals surface area contributed by atoms with Crippen LogP contribution in [0.15, 0.2) is 30.3 Å². The first-order valence-corrected chi connectivity index (χ1v) is 11.7. The third-order valence-electron chi connectivity index (χ3n) is 7.46. The zero-order valence-electron chi connectivity index (χ0n) is 18.9. The number of fused-ring (bicyclic) bond motifs is 1. The van der Waals surface area contributed by atoms with Gasteiger partial charge in [-0.3, -0.25) is 14.5 Å². The van der Waals surface area contributed by atoms with Gasteiger partial charge < -0.3 is 10.6 Å². The molecule has 4 fully saturated rings. The number of hydrogen-bond donors (Lipinski definition) is 2. The minimum absolute atomic E-state index is 0.00390. The predicted molar refractivity (Wildman–Crippen MR) is 119 cm³/mol. The van der Waals surface area contributed by atoms with E-state index in [0.717, 1.165) is 37.9 Å². The number of hydrogen-bond acceptors (Lipinski definition) is 3. The fourth-order valence-corrected chi connectivity index (χ4v) is 6.18. The van der Waals surface area contributed by atoms with Crippen LogP contribution in [-0.2, 0) is 16.1 Å². The minimum atomic E-state index is -0.771. The van der Waals surface area contributed by atoms with Crippen molar-refractivity contribution in [3.63, 3.8) is 0 Å². The molecule has 2 amide bonds. The zero-order valence-corrected chi connectivity index (χ0v) is 18.9. The fourth-order valence-electron chi connectivity index (χ4n) is 6.18. The van der Waals surface area contributed by atoms with Gasteiger partial charge in [-0.1, -0.05) is 58.0 Å². The van der Waals surface area contributed by atoms with Gasteiger partial charge in [0, 0.05) is 25.0 Å². The molecule has 1 aromatic rings. The van der Waals surface area contributed by atoms with Gasteiger partial charge in [0.15, 0.2) is 0 Å². The molecule has 0 spiro atoms. The second kappa shape index (κ2) is 8.33. The summed E-state index contributed by atoms with van der Waals surface area (Å²) < 4.78 is 0. The van der Waals surface area contributed by atoms with Crippen molar-refractivity contribution in [1.29, 1.82) is 0 Å². The predicted octanol–water partition coefficient (Wildman–Crippen LogP) is 3.20. The third-order valence-corrected chi connectivity index (χ3v) is 7.46. The number of nitrogens with one attached hydrogen (secondary N) is 2. The van der Waals surface area contributed by atoms with E-state index in [1.807, 2.05) is 30.3 Å². The van der Waals surface area contributed by atoms with Crippen molar-refractivity contribution in [3.8, 4) is 0 Å². The van der Waals surface area contributed by atoms with Crippen LogP contribution in [0.3, 0.4) is 0 Å². The Balaban J connectivity index is 1.60. The highest BCUT2D eigenvalue weighted by molar-refractivity contribution is 5.96. The van der Waals surface area contributed by atoms with E-state index in [0.29, 0.717) is 24.3 Å². The van der Waals surface area contributed by atoms with Crippen LogP contribution in [0.1, 0.15) is 52.5 Å². The van der Waals surface area contributed by atoms with Crippen molar-refractivity contribution in [2.45, 2.75) is 65.1 Å². The summed E-state index contributed by atoms with van der Waals surface area (Å²) in [5.41, 5.74) is 0.312. The first-order chi connectivity index (χ1) is 14.3. The smallest absolute Gasteiger partial charge is 0.246 e. The van der Waals surface area contributed by atoms with Gasteiger partial charge in [-0.2, -0.15) is 0 Å². The Labute approximate surface area is 181 Å². The molecular formula is C25H37N3O2. The van der Waals surface area contributed by atoms with Gasteiger partial charge in [-0.15, -0.1) is 0 Å². The van der Waals surface area contributed by atoms with Crippen LogP contribution >= 0.6 is 0 Å². The van der Waals surface area contributed by atoms with Gasteiger partial charge in [0.05, 0.1) is 5.92 Å². The molecule has 1 aromatic carbocycles. The summed E-state index contributed by atoms with van der Waals surface area (Å²) in [6.45, 7) is 11.4. The number of rotatable bonds is 8. The molecule has 0 radical (unpaired) electrons. The Morgan fingerprint density at radius 2 is 1.93 bits per heavy atom. The normalized spacial score (nSPS) is 32.7. The maximum Gasteiger partial charge on any atom is 0.246 e. The molecule has 3 saturated heterocycles. The van der Waals surface area contributed by atoms with Crippen molar-refractivity contribution in [3.05, 3.63) is 35.9 Å². The number of benzene rings is 1. The lowest BCUT2D eigenvalue weighted by Gasteiger charge is -2.55. The molecule has 0 aromatic heterocycles. The van der Waals surface area contributed by atoms with Gasteiger partial charge >= 0.3 is 0 Å². The molecule has 5 rings (SSSR count). The molecule has 4 bridgehead atoms. The Morgan fingerprint density at radius 3 is 2.60 bits per heavy atom. The molecule has 5 nitrogen and oxygen atoms in total. The minimum Gasteiger partial charge on any atom is -0.350 e. The lowest BCUT2D eigenvalue weighted by atomic mass is 9.57. The lowest BCUT2D eigenvalue weighted by molar-refractivity contribution is -0.155. The highest BCUT2D eigenvalue weighted by atomic mass is 16.2. The van der Waals surface area contributed by atoms with Crippen LogP contribution < -0.4 is 10.6 Å². The summed E-state index contributed by atoms with van der Waals surface area (Å²) in [4.78, 5) is 29.3. The Kier molecular flexibility index (Phi) is 5.93. The molecule has 30 heavy (non-hydrogen) atoms. The van der Waals surface area contributed by atoms with E-state index in [1.165, 1.54) is 0 Å². The van der Waals surface area contributed by atoms with E-state index in [2.05, 4.69) is 43.2 Å². The molecule has 5 unspecified atom stereocenters. The van der Waals surface area contributed by atoms with Gasteiger partial charge in [0.1, 0.15) is 5.54 Å². The van der Waals surface area contributed by atoms with Gasteiger partial charge in [-0.05, 0) is 49.1 Å². The molecule has 1 saturated carbocycles. The Bertz CT molecular complexity index is 778. The summed E-state index contributed by atoms with van der Waals surface area (Å²) in [7, 11) is 0. The monoisotopic (exact) mass is 411 g/mol. The summed E-state index contributed by atoms with van der Waals surface area (Å²) >= 11 is 0. The van der Waals surface area contributed by atoms with Crippen molar-refractivity contribution < 1.29 is 9.59 Å². The molecule has 2 N–H and O–H groups in total. The fraction of sp³-hybridized carbons (Fsp3) is 0.680. The van der Waals surface area contributed by atoms with Crippen molar-refractivity contribution >= 4 is 11.8 Å². The van der Waals surface area contributed by atoms with E-state index in [-0.39, 0.29) is 29.7 Å². The van der Waals surface area contributed by atoms with E-state index < -0.39 is 5.54 Å². The van der Waals surface area contributed by atoms with E-state index >= 15 is 0 Å². The highest BCUT2D eigenvalue weighted by Crippen LogP contribution is 2.54. The van der Waals surface area contributed by atoms with Crippen LogP contribution in [0.5, 0.6) is 0 Å². The van der Waals surface area contributed by atoms with Crippen LogP contribution in [-0.4, -0.2) is 41.4 Å². The molecule has 5 atom stereocenters. The zero-order chi connectivity index (χ0) is 21.5. The summed E-state index contributed by atoms with van der Waals surface area (Å²) in [5.74, 6) is 1.73. The highest BCUT2D eigenvalue weighted by Gasteiger charge is 2.67. The average molecular weight is 412 g/mol. The number of carbonyl (C=O) groups excluding carboxylic acids is 2. The summed E-state index contributed by atoms with van der Waals surface area (Å²) in [6.07, 6.45) is 2.88. The van der Waals surface area contributed by atoms with Gasteiger partial charge in [0.2, 0.25) is 11.8 Å². The number of likely N-dealkylation sites (tertiary alicyclic amines) is 1. The van der Waals surface area contributed by atoms with Crippen molar-refractivity contribution in [2.75, 3.05) is 13.1 Å². The first kappa shape index (κ1) is 21.4. The quantitative estimate of drug-likeness (QED) is 0.691. The second-order valence-electron chi connectivity index (χ2n) is 10.5. The standard InChI is InChI=1S/C25H37N3O2/c1-16(2)10-11-28-15-19-13-25(24(30)26-14-18-8-6-5-7-9-18)20(12-17(3)4)22(28)21(19)23(29)27-25/h5-9,16-17,19-22H,10-15H2,1-4H3,(H,26,30)(H,27,29). The summed E-state index contributed by atoms with van der Waals surface area (Å²) in [6, 6.07) is 10.2. The lowest BCUT2D eigenvalue weighted by Crippen LogP contribution is -2.76. The first-order valence-electron chi connectivity index (χ1n) is 11.7. The van der Waals surface area contributed by atoms with Crippen LogP contribution in [0.4, 0.5) is 0 Å². The van der Waals surface area contributed by atoms with Gasteiger partial charge in [-0.25, -0.2) is 0 Å². The van der Waals surface area contributed by atoms with Crippen molar-refractivity contribution in [1.82, 2.24) is 15.5 Å². The van der Waals surface area contributed by atoms with Crippen LogP contribution in [0.25, 0.3) is 0 Å². The number of nitrogens with zero attached hydrogens (tertiary/aromatic N) is 1. The number of piperidine rings is 2. The van der Waals surface area contributed by atoms with Crippen LogP contribution in [0, 0.1) is 29.6 Å². The van der Waals surface area contributed by atoms with E-state index in [9.17, 15) is 9.59 Å². The molecule has 4 aliphatic rings. The third kappa shape index (κ3) is 3.77. The topological polar surface area (TPSA) is 61.4 Å². The van der Waals surface area contributed by atoms with E-state index in [4.69, 9.17) is 0 Å². The Morgan fingerprint density at radius 1 is 1.20 bits per heavy atom.